The number of anilines is 1. The second-order valence-corrected chi connectivity index (χ2v) is 4.87. The van der Waals surface area contributed by atoms with Gasteiger partial charge in [-0.2, -0.15) is 0 Å². The van der Waals surface area contributed by atoms with Crippen LogP contribution in [0.3, 0.4) is 0 Å². The fraction of sp³-hybridized carbons (Fsp3) is 0.600. The van der Waals surface area contributed by atoms with Crippen LogP contribution in [0.2, 0.25) is 0 Å². The highest BCUT2D eigenvalue weighted by atomic mass is 16.5. The number of nitrogens with two attached hydrogens (primary N) is 1. The van der Waals surface area contributed by atoms with E-state index in [4.69, 9.17) is 19.9 Å². The van der Waals surface area contributed by atoms with E-state index in [1.54, 1.807) is 0 Å². The molecule has 1 heterocycles. The molecule has 2 N–H and O–H groups in total. The molecule has 19 heavy (non-hydrogen) atoms. The molecule has 0 spiro atoms. The van der Waals surface area contributed by atoms with Gasteiger partial charge in [0, 0.05) is 24.5 Å². The molecule has 0 aromatic heterocycles. The Hall–Kier alpha value is -1.26. The second-order valence-electron chi connectivity index (χ2n) is 4.87. The van der Waals surface area contributed by atoms with Gasteiger partial charge in [-0.1, -0.05) is 0 Å². The molecular weight excluding hydrogens is 242 g/mol. The molecule has 0 unspecified atom stereocenters. The summed E-state index contributed by atoms with van der Waals surface area (Å²) in [5, 5.41) is 0. The number of ether oxygens (including phenoxy) is 3. The predicted molar refractivity (Wildman–Crippen MR) is 75.2 cm³/mol. The molecule has 4 heteroatoms. The van der Waals surface area contributed by atoms with E-state index < -0.39 is 0 Å². The maximum atomic E-state index is 5.81. The summed E-state index contributed by atoms with van der Waals surface area (Å²) in [5.74, 6) is 1.48. The molecule has 2 rings (SSSR count). The van der Waals surface area contributed by atoms with E-state index in [0.717, 1.165) is 49.7 Å². The topological polar surface area (TPSA) is 53.7 Å². The summed E-state index contributed by atoms with van der Waals surface area (Å²) in [6.45, 7) is 5.67. The smallest absolute Gasteiger partial charge is 0.124 e. The molecule has 106 valence electrons. The van der Waals surface area contributed by atoms with E-state index in [1.165, 1.54) is 0 Å². The quantitative estimate of drug-likeness (QED) is 0.803. The Balaban J connectivity index is 1.85. The highest BCUT2D eigenvalue weighted by molar-refractivity contribution is 5.47. The first kappa shape index (κ1) is 14.2. The molecule has 0 amide bonds. The standard InChI is InChI=1S/C15H23NO3/c1-2-19-15-4-3-14(16)9-13(15)11-18-10-12-5-7-17-8-6-12/h3-4,9,12H,2,5-8,10-11,16H2,1H3. The minimum atomic E-state index is 0.553. The maximum absolute atomic E-state index is 5.81. The van der Waals surface area contributed by atoms with Crippen LogP contribution in [0, 0.1) is 5.92 Å². The van der Waals surface area contributed by atoms with Crippen LogP contribution in [0.1, 0.15) is 25.3 Å². The fourth-order valence-electron chi connectivity index (χ4n) is 2.26. The molecule has 1 aliphatic heterocycles. The molecule has 4 nitrogen and oxygen atoms in total. The van der Waals surface area contributed by atoms with Crippen LogP contribution >= 0.6 is 0 Å². The average molecular weight is 265 g/mol. The molecule has 0 aliphatic carbocycles. The van der Waals surface area contributed by atoms with Crippen molar-refractivity contribution in [2.45, 2.75) is 26.4 Å². The van der Waals surface area contributed by atoms with Gasteiger partial charge in [0.15, 0.2) is 0 Å². The molecule has 1 aliphatic rings. The lowest BCUT2D eigenvalue weighted by Gasteiger charge is -2.22. The molecule has 0 saturated carbocycles. The Morgan fingerprint density at radius 3 is 2.84 bits per heavy atom. The molecule has 0 atom stereocenters. The molecule has 1 saturated heterocycles. The van der Waals surface area contributed by atoms with E-state index in [-0.39, 0.29) is 0 Å². The molecule has 0 radical (unpaired) electrons. The summed E-state index contributed by atoms with van der Waals surface area (Å²) in [6.07, 6.45) is 2.19. The van der Waals surface area contributed by atoms with Crippen LogP contribution in [0.15, 0.2) is 18.2 Å². The van der Waals surface area contributed by atoms with Gasteiger partial charge in [0.05, 0.1) is 19.8 Å². The molecular formula is C15H23NO3. The minimum Gasteiger partial charge on any atom is -0.494 e. The Morgan fingerprint density at radius 2 is 2.11 bits per heavy atom. The third kappa shape index (κ3) is 4.40. The Kier molecular flexibility index (Phi) is 5.48. The van der Waals surface area contributed by atoms with Crippen LogP contribution in [-0.4, -0.2) is 26.4 Å². The predicted octanol–water partition coefficient (Wildman–Crippen LogP) is 2.61. The lowest BCUT2D eigenvalue weighted by atomic mass is 10.0. The van der Waals surface area contributed by atoms with Crippen molar-refractivity contribution < 1.29 is 14.2 Å². The van der Waals surface area contributed by atoms with Crippen molar-refractivity contribution in [2.75, 3.05) is 32.2 Å². The van der Waals surface area contributed by atoms with E-state index in [0.29, 0.717) is 19.1 Å². The summed E-state index contributed by atoms with van der Waals surface area (Å²) in [4.78, 5) is 0. The summed E-state index contributed by atoms with van der Waals surface area (Å²) in [7, 11) is 0. The van der Waals surface area contributed by atoms with E-state index in [2.05, 4.69) is 0 Å². The lowest BCUT2D eigenvalue weighted by molar-refractivity contribution is 0.0153. The summed E-state index contributed by atoms with van der Waals surface area (Å²) < 4.78 is 16.7. The highest BCUT2D eigenvalue weighted by Gasteiger charge is 2.14. The number of nitrogen functional groups attached to an aromatic ring is 1. The van der Waals surface area contributed by atoms with Crippen LogP contribution < -0.4 is 10.5 Å². The summed E-state index contributed by atoms with van der Waals surface area (Å²) in [5.41, 5.74) is 7.58. The normalized spacial score (nSPS) is 16.5. The van der Waals surface area contributed by atoms with Crippen molar-refractivity contribution in [1.29, 1.82) is 0 Å². The van der Waals surface area contributed by atoms with Gasteiger partial charge >= 0.3 is 0 Å². The monoisotopic (exact) mass is 265 g/mol. The van der Waals surface area contributed by atoms with Gasteiger partial charge in [-0.25, -0.2) is 0 Å². The van der Waals surface area contributed by atoms with E-state index in [1.807, 2.05) is 25.1 Å². The minimum absolute atomic E-state index is 0.553. The first-order valence-electron chi connectivity index (χ1n) is 6.96. The van der Waals surface area contributed by atoms with Gasteiger partial charge in [-0.15, -0.1) is 0 Å². The molecule has 0 bridgehead atoms. The van der Waals surface area contributed by atoms with Crippen molar-refractivity contribution in [3.05, 3.63) is 23.8 Å². The third-order valence-corrected chi connectivity index (χ3v) is 3.34. The Morgan fingerprint density at radius 1 is 1.32 bits per heavy atom. The van der Waals surface area contributed by atoms with Gasteiger partial charge in [0.2, 0.25) is 0 Å². The zero-order chi connectivity index (χ0) is 13.5. The fourth-order valence-corrected chi connectivity index (χ4v) is 2.26. The maximum Gasteiger partial charge on any atom is 0.124 e. The number of benzene rings is 1. The van der Waals surface area contributed by atoms with Gasteiger partial charge in [-0.05, 0) is 43.9 Å². The zero-order valence-electron chi connectivity index (χ0n) is 11.6. The number of rotatable bonds is 6. The van der Waals surface area contributed by atoms with Gasteiger partial charge in [-0.3, -0.25) is 0 Å². The Labute approximate surface area is 114 Å². The van der Waals surface area contributed by atoms with Gasteiger partial charge in [0.1, 0.15) is 5.75 Å². The van der Waals surface area contributed by atoms with Crippen LogP contribution in [-0.2, 0) is 16.1 Å². The van der Waals surface area contributed by atoms with Crippen molar-refractivity contribution in [2.24, 2.45) is 5.92 Å². The third-order valence-electron chi connectivity index (χ3n) is 3.34. The summed E-state index contributed by atoms with van der Waals surface area (Å²) in [6, 6.07) is 5.69. The van der Waals surface area contributed by atoms with Crippen molar-refractivity contribution in [3.63, 3.8) is 0 Å². The van der Waals surface area contributed by atoms with E-state index >= 15 is 0 Å². The summed E-state index contributed by atoms with van der Waals surface area (Å²) >= 11 is 0. The number of hydrogen-bond donors (Lipinski definition) is 1. The zero-order valence-corrected chi connectivity index (χ0v) is 11.6. The number of hydrogen-bond acceptors (Lipinski definition) is 4. The van der Waals surface area contributed by atoms with Crippen molar-refractivity contribution in [1.82, 2.24) is 0 Å². The molecule has 1 aromatic carbocycles. The first-order chi connectivity index (χ1) is 9.29. The SMILES string of the molecule is CCOc1ccc(N)cc1COCC1CCOCC1. The average Bonchev–Trinajstić information content (AvgIpc) is 2.43. The van der Waals surface area contributed by atoms with Crippen molar-refractivity contribution >= 4 is 5.69 Å². The lowest BCUT2D eigenvalue weighted by Crippen LogP contribution is -2.20. The van der Waals surface area contributed by atoms with Crippen LogP contribution in [0.5, 0.6) is 5.75 Å². The first-order valence-corrected chi connectivity index (χ1v) is 6.96. The molecule has 1 aromatic rings. The Bertz CT molecular complexity index is 389. The van der Waals surface area contributed by atoms with E-state index in [9.17, 15) is 0 Å². The van der Waals surface area contributed by atoms with Gasteiger partial charge < -0.3 is 19.9 Å². The highest BCUT2D eigenvalue weighted by Crippen LogP contribution is 2.23. The largest absolute Gasteiger partial charge is 0.494 e. The molecule has 1 fully saturated rings. The van der Waals surface area contributed by atoms with Gasteiger partial charge in [0.25, 0.3) is 0 Å². The van der Waals surface area contributed by atoms with Crippen LogP contribution in [0.4, 0.5) is 5.69 Å². The second kappa shape index (κ2) is 7.36. The van der Waals surface area contributed by atoms with Crippen LogP contribution in [0.25, 0.3) is 0 Å². The van der Waals surface area contributed by atoms with Crippen molar-refractivity contribution in [3.8, 4) is 5.75 Å².